The zero-order valence-electron chi connectivity index (χ0n) is 16.3. The third-order valence-corrected chi connectivity index (χ3v) is 5.60. The molecule has 0 amide bonds. The zero-order valence-corrected chi connectivity index (χ0v) is 17.2. The predicted molar refractivity (Wildman–Crippen MR) is 111 cm³/mol. The lowest BCUT2D eigenvalue weighted by Crippen LogP contribution is -2.37. The smallest absolute Gasteiger partial charge is 0.240 e. The molecule has 0 saturated heterocycles. The number of rotatable bonds is 7. The van der Waals surface area contributed by atoms with Gasteiger partial charge in [0.1, 0.15) is 0 Å². The molecule has 146 valence electrons. The molecule has 27 heavy (non-hydrogen) atoms. The van der Waals surface area contributed by atoms with Gasteiger partial charge in [-0.2, -0.15) is 0 Å². The second kappa shape index (κ2) is 9.53. The minimum atomic E-state index is -3.40. The van der Waals surface area contributed by atoms with Crippen molar-refractivity contribution in [2.45, 2.75) is 31.7 Å². The minimum absolute atomic E-state index is 0.254. The molecule has 0 unspecified atom stereocenters. The van der Waals surface area contributed by atoms with Crippen LogP contribution in [0.4, 0.5) is 0 Å². The summed E-state index contributed by atoms with van der Waals surface area (Å²) in [6.45, 7) is 5.56. The highest BCUT2D eigenvalue weighted by atomic mass is 32.2. The number of nitrogens with one attached hydrogen (secondary N) is 3. The molecule has 0 aliphatic rings. The monoisotopic (exact) mass is 388 g/mol. The molecular weight excluding hydrogens is 360 g/mol. The third-order valence-electron chi connectivity index (χ3n) is 4.17. The van der Waals surface area contributed by atoms with Gasteiger partial charge in [-0.15, -0.1) is 0 Å². The minimum Gasteiger partial charge on any atom is -0.356 e. The summed E-state index contributed by atoms with van der Waals surface area (Å²) in [5, 5.41) is 6.55. The van der Waals surface area contributed by atoms with E-state index in [-0.39, 0.29) is 4.90 Å². The molecule has 2 aromatic carbocycles. The lowest BCUT2D eigenvalue weighted by Gasteiger charge is -2.13. The molecule has 6 nitrogen and oxygen atoms in total. The number of guanidine groups is 1. The molecule has 0 spiro atoms. The molecule has 7 heteroatoms. The molecule has 0 radical (unpaired) electrons. The second-order valence-electron chi connectivity index (χ2n) is 6.45. The van der Waals surface area contributed by atoms with Gasteiger partial charge >= 0.3 is 0 Å². The zero-order chi connectivity index (χ0) is 19.9. The highest BCUT2D eigenvalue weighted by molar-refractivity contribution is 7.89. The van der Waals surface area contributed by atoms with Gasteiger partial charge in [0.05, 0.1) is 4.90 Å². The SMILES string of the molecule is CN=C(NCCc1cc(C)cc(C)c1)NCc1ccc(S(=O)(=O)NC)cc1. The number of nitrogens with zero attached hydrogens (tertiary/aromatic N) is 1. The molecule has 0 atom stereocenters. The normalized spacial score (nSPS) is 12.1. The molecule has 2 rings (SSSR count). The molecule has 0 aromatic heterocycles. The maximum Gasteiger partial charge on any atom is 0.240 e. The Kier molecular flexibility index (Phi) is 7.38. The van der Waals surface area contributed by atoms with Crippen molar-refractivity contribution in [3.05, 3.63) is 64.7 Å². The third kappa shape index (κ3) is 6.37. The van der Waals surface area contributed by atoms with Crippen LogP contribution in [0.25, 0.3) is 0 Å². The van der Waals surface area contributed by atoms with Gasteiger partial charge in [0.2, 0.25) is 10.0 Å². The van der Waals surface area contributed by atoms with E-state index in [1.165, 1.54) is 23.7 Å². The Morgan fingerprint density at radius 3 is 2.15 bits per heavy atom. The Morgan fingerprint density at radius 2 is 1.59 bits per heavy atom. The number of aryl methyl sites for hydroxylation is 2. The van der Waals surface area contributed by atoms with Crippen LogP contribution in [0.15, 0.2) is 52.4 Å². The number of aliphatic imine (C=N–C) groups is 1. The van der Waals surface area contributed by atoms with E-state index in [4.69, 9.17) is 0 Å². The fraction of sp³-hybridized carbons (Fsp3) is 0.350. The molecule has 0 saturated carbocycles. The molecular formula is C20H28N4O2S. The van der Waals surface area contributed by atoms with Crippen molar-refractivity contribution in [3.8, 4) is 0 Å². The summed E-state index contributed by atoms with van der Waals surface area (Å²) >= 11 is 0. The van der Waals surface area contributed by atoms with Gasteiger partial charge in [-0.25, -0.2) is 13.1 Å². The van der Waals surface area contributed by atoms with Gasteiger partial charge < -0.3 is 10.6 Å². The first-order valence-corrected chi connectivity index (χ1v) is 10.4. The van der Waals surface area contributed by atoms with Crippen molar-refractivity contribution in [2.75, 3.05) is 20.6 Å². The maximum atomic E-state index is 11.7. The first-order chi connectivity index (χ1) is 12.8. The van der Waals surface area contributed by atoms with E-state index in [1.54, 1.807) is 31.3 Å². The average molecular weight is 389 g/mol. The molecule has 0 aliphatic heterocycles. The largest absolute Gasteiger partial charge is 0.356 e. The number of benzene rings is 2. The topological polar surface area (TPSA) is 82.6 Å². The van der Waals surface area contributed by atoms with Crippen LogP contribution in [0.1, 0.15) is 22.3 Å². The quantitative estimate of drug-likeness (QED) is 0.501. The molecule has 3 N–H and O–H groups in total. The summed E-state index contributed by atoms with van der Waals surface area (Å²) in [7, 11) is -0.270. The van der Waals surface area contributed by atoms with Gasteiger partial charge in [0.25, 0.3) is 0 Å². The van der Waals surface area contributed by atoms with E-state index in [0.717, 1.165) is 18.5 Å². The molecule has 0 bridgehead atoms. The standard InChI is InChI=1S/C20H28N4O2S/c1-15-11-16(2)13-18(12-15)9-10-23-20(21-3)24-14-17-5-7-19(8-6-17)27(25,26)22-4/h5-8,11-13,22H,9-10,14H2,1-4H3,(H2,21,23,24). The summed E-state index contributed by atoms with van der Waals surface area (Å²) in [5.74, 6) is 0.714. The maximum absolute atomic E-state index is 11.7. The van der Waals surface area contributed by atoms with E-state index in [0.29, 0.717) is 12.5 Å². The Morgan fingerprint density at radius 1 is 0.963 bits per heavy atom. The van der Waals surface area contributed by atoms with Crippen molar-refractivity contribution in [1.29, 1.82) is 0 Å². The predicted octanol–water partition coefficient (Wildman–Crippen LogP) is 2.12. The fourth-order valence-electron chi connectivity index (χ4n) is 2.85. The van der Waals surface area contributed by atoms with Gasteiger partial charge in [-0.1, -0.05) is 41.5 Å². The van der Waals surface area contributed by atoms with Gasteiger partial charge in [-0.3, -0.25) is 4.99 Å². The number of hydrogen-bond acceptors (Lipinski definition) is 3. The first-order valence-electron chi connectivity index (χ1n) is 8.88. The summed E-state index contributed by atoms with van der Waals surface area (Å²) in [6.07, 6.45) is 0.916. The average Bonchev–Trinajstić information content (AvgIpc) is 2.64. The number of hydrogen-bond donors (Lipinski definition) is 3. The van der Waals surface area contributed by atoms with Crippen LogP contribution in [-0.2, 0) is 23.0 Å². The Bertz CT molecular complexity index is 870. The van der Waals surface area contributed by atoms with Crippen LogP contribution >= 0.6 is 0 Å². The molecule has 0 aliphatic carbocycles. The van der Waals surface area contributed by atoms with E-state index in [1.807, 2.05) is 0 Å². The van der Waals surface area contributed by atoms with Crippen molar-refractivity contribution >= 4 is 16.0 Å². The summed E-state index contributed by atoms with van der Waals surface area (Å²) in [6, 6.07) is 13.3. The highest BCUT2D eigenvalue weighted by Crippen LogP contribution is 2.10. The van der Waals surface area contributed by atoms with Crippen LogP contribution < -0.4 is 15.4 Å². The van der Waals surface area contributed by atoms with Crippen LogP contribution in [0.2, 0.25) is 0 Å². The van der Waals surface area contributed by atoms with Crippen molar-refractivity contribution in [1.82, 2.24) is 15.4 Å². The van der Waals surface area contributed by atoms with Crippen molar-refractivity contribution < 1.29 is 8.42 Å². The Labute approximate surface area is 162 Å². The summed E-state index contributed by atoms with van der Waals surface area (Å²) < 4.78 is 25.8. The van der Waals surface area contributed by atoms with Crippen LogP contribution in [-0.4, -0.2) is 35.0 Å². The summed E-state index contributed by atoms with van der Waals surface area (Å²) in [4.78, 5) is 4.48. The van der Waals surface area contributed by atoms with Gasteiger partial charge in [0, 0.05) is 20.1 Å². The highest BCUT2D eigenvalue weighted by Gasteiger charge is 2.10. The Hall–Kier alpha value is -2.38. The lowest BCUT2D eigenvalue weighted by atomic mass is 10.1. The molecule has 0 heterocycles. The first kappa shape index (κ1) is 20.9. The van der Waals surface area contributed by atoms with E-state index >= 15 is 0 Å². The van der Waals surface area contributed by atoms with Gasteiger partial charge in [0.15, 0.2) is 5.96 Å². The molecule has 2 aromatic rings. The van der Waals surface area contributed by atoms with Crippen molar-refractivity contribution in [3.63, 3.8) is 0 Å². The Balaban J connectivity index is 1.85. The number of sulfonamides is 1. The van der Waals surface area contributed by atoms with E-state index in [9.17, 15) is 8.42 Å². The second-order valence-corrected chi connectivity index (χ2v) is 8.34. The lowest BCUT2D eigenvalue weighted by molar-refractivity contribution is 0.588. The van der Waals surface area contributed by atoms with Gasteiger partial charge in [-0.05, 0) is 50.6 Å². The van der Waals surface area contributed by atoms with E-state index < -0.39 is 10.0 Å². The fourth-order valence-corrected chi connectivity index (χ4v) is 3.58. The van der Waals surface area contributed by atoms with E-state index in [2.05, 4.69) is 52.4 Å². The van der Waals surface area contributed by atoms with Crippen LogP contribution in [0.5, 0.6) is 0 Å². The van der Waals surface area contributed by atoms with Crippen LogP contribution in [0.3, 0.4) is 0 Å². The summed E-state index contributed by atoms with van der Waals surface area (Å²) in [5.41, 5.74) is 4.83. The van der Waals surface area contributed by atoms with Crippen LogP contribution in [0, 0.1) is 13.8 Å². The molecule has 0 fully saturated rings. The van der Waals surface area contributed by atoms with Crippen molar-refractivity contribution in [2.24, 2.45) is 4.99 Å².